The second-order valence-corrected chi connectivity index (χ2v) is 4.96. The maximum absolute atomic E-state index is 5.57. The van der Waals surface area contributed by atoms with Crippen LogP contribution < -0.4 is 10.1 Å². The summed E-state index contributed by atoms with van der Waals surface area (Å²) in [4.78, 5) is 0. The van der Waals surface area contributed by atoms with E-state index in [1.54, 1.807) is 0 Å². The minimum Gasteiger partial charge on any atom is -0.494 e. The fourth-order valence-electron chi connectivity index (χ4n) is 1.93. The van der Waals surface area contributed by atoms with Gasteiger partial charge >= 0.3 is 0 Å². The molecule has 0 atom stereocenters. The Labute approximate surface area is 113 Å². The average Bonchev–Trinajstić information content (AvgIpc) is 3.13. The molecule has 4 nitrogen and oxygen atoms in total. The predicted octanol–water partition coefficient (Wildman–Crippen LogP) is 3.44. The molecule has 2 aromatic rings. The summed E-state index contributed by atoms with van der Waals surface area (Å²) in [5.74, 6) is 1.85. The molecule has 0 saturated heterocycles. The lowest BCUT2D eigenvalue weighted by molar-refractivity contribution is 0.317. The van der Waals surface area contributed by atoms with Crippen molar-refractivity contribution in [2.75, 3.05) is 11.9 Å². The SMILES string of the molecule is CCCOc1ccc(-c2cc(NC3CC3)n[nH]2)cc1. The van der Waals surface area contributed by atoms with E-state index in [4.69, 9.17) is 4.74 Å². The van der Waals surface area contributed by atoms with Crippen molar-refractivity contribution in [2.45, 2.75) is 32.2 Å². The third-order valence-electron chi connectivity index (χ3n) is 3.15. The Balaban J connectivity index is 1.68. The van der Waals surface area contributed by atoms with Crippen LogP contribution in [-0.2, 0) is 0 Å². The minimum absolute atomic E-state index is 0.626. The molecule has 0 aliphatic heterocycles. The van der Waals surface area contributed by atoms with E-state index in [9.17, 15) is 0 Å². The number of rotatable bonds is 6. The maximum Gasteiger partial charge on any atom is 0.148 e. The number of nitrogens with one attached hydrogen (secondary N) is 2. The molecule has 0 spiro atoms. The lowest BCUT2D eigenvalue weighted by Gasteiger charge is -2.04. The van der Waals surface area contributed by atoms with Crippen LogP contribution in [0.15, 0.2) is 30.3 Å². The van der Waals surface area contributed by atoms with Gasteiger partial charge in [0.1, 0.15) is 11.6 Å². The molecule has 3 rings (SSSR count). The minimum atomic E-state index is 0.626. The fourth-order valence-corrected chi connectivity index (χ4v) is 1.93. The molecule has 1 aromatic heterocycles. The zero-order valence-corrected chi connectivity index (χ0v) is 11.1. The number of ether oxygens (including phenoxy) is 1. The molecule has 0 amide bonds. The summed E-state index contributed by atoms with van der Waals surface area (Å²) in [5.41, 5.74) is 2.16. The van der Waals surface area contributed by atoms with Crippen LogP contribution in [0, 0.1) is 0 Å². The van der Waals surface area contributed by atoms with Gasteiger partial charge in [0, 0.05) is 12.1 Å². The van der Waals surface area contributed by atoms with Gasteiger partial charge in [0.2, 0.25) is 0 Å². The average molecular weight is 257 g/mol. The molecule has 4 heteroatoms. The van der Waals surface area contributed by atoms with Crippen molar-refractivity contribution in [1.29, 1.82) is 0 Å². The molecular formula is C15H19N3O. The number of nitrogens with zero attached hydrogens (tertiary/aromatic N) is 1. The highest BCUT2D eigenvalue weighted by Crippen LogP contribution is 2.27. The summed E-state index contributed by atoms with van der Waals surface area (Å²) in [6, 6.07) is 10.8. The smallest absolute Gasteiger partial charge is 0.148 e. The molecule has 2 N–H and O–H groups in total. The number of H-pyrrole nitrogens is 1. The second kappa shape index (κ2) is 5.34. The molecule has 0 bridgehead atoms. The molecule has 1 aliphatic carbocycles. The van der Waals surface area contributed by atoms with Gasteiger partial charge in [0.25, 0.3) is 0 Å². The lowest BCUT2D eigenvalue weighted by Crippen LogP contribution is -2.00. The normalized spacial score (nSPS) is 14.4. The van der Waals surface area contributed by atoms with Crippen molar-refractivity contribution in [3.8, 4) is 17.0 Å². The fraction of sp³-hybridized carbons (Fsp3) is 0.400. The highest BCUT2D eigenvalue weighted by molar-refractivity contribution is 5.63. The van der Waals surface area contributed by atoms with Crippen LogP contribution in [0.2, 0.25) is 0 Å². The van der Waals surface area contributed by atoms with Gasteiger partial charge in [-0.15, -0.1) is 0 Å². The number of anilines is 1. The molecule has 100 valence electrons. The zero-order chi connectivity index (χ0) is 13.1. The molecule has 19 heavy (non-hydrogen) atoms. The summed E-state index contributed by atoms with van der Waals surface area (Å²) in [7, 11) is 0. The van der Waals surface area contributed by atoms with Gasteiger partial charge in [-0.3, -0.25) is 5.10 Å². The highest BCUT2D eigenvalue weighted by atomic mass is 16.5. The molecule has 1 fully saturated rings. The second-order valence-electron chi connectivity index (χ2n) is 4.96. The quantitative estimate of drug-likeness (QED) is 0.833. The molecule has 0 radical (unpaired) electrons. The topological polar surface area (TPSA) is 49.9 Å². The molecule has 1 heterocycles. The van der Waals surface area contributed by atoms with Crippen molar-refractivity contribution >= 4 is 5.82 Å². The monoisotopic (exact) mass is 257 g/mol. The van der Waals surface area contributed by atoms with Gasteiger partial charge in [-0.05, 0) is 49.1 Å². The van der Waals surface area contributed by atoms with Gasteiger partial charge in [-0.1, -0.05) is 6.92 Å². The number of benzene rings is 1. The Morgan fingerprint density at radius 2 is 2.11 bits per heavy atom. The van der Waals surface area contributed by atoms with E-state index in [2.05, 4.69) is 40.6 Å². The highest BCUT2D eigenvalue weighted by Gasteiger charge is 2.21. The van der Waals surface area contributed by atoms with E-state index in [0.717, 1.165) is 35.9 Å². The summed E-state index contributed by atoms with van der Waals surface area (Å²) in [5, 5.41) is 10.7. The molecule has 1 aromatic carbocycles. The Kier molecular flexibility index (Phi) is 3.40. The number of aromatic nitrogens is 2. The van der Waals surface area contributed by atoms with Gasteiger partial charge in [-0.2, -0.15) is 5.10 Å². The van der Waals surface area contributed by atoms with Crippen molar-refractivity contribution in [1.82, 2.24) is 10.2 Å². The Morgan fingerprint density at radius 3 is 2.79 bits per heavy atom. The Bertz CT molecular complexity index is 529. The van der Waals surface area contributed by atoms with Gasteiger partial charge in [0.15, 0.2) is 0 Å². The number of aromatic amines is 1. The van der Waals surface area contributed by atoms with Crippen molar-refractivity contribution < 1.29 is 4.74 Å². The third kappa shape index (κ3) is 3.08. The van der Waals surface area contributed by atoms with Crippen LogP contribution >= 0.6 is 0 Å². The van der Waals surface area contributed by atoms with E-state index < -0.39 is 0 Å². The first kappa shape index (κ1) is 12.1. The van der Waals surface area contributed by atoms with E-state index in [-0.39, 0.29) is 0 Å². The lowest BCUT2D eigenvalue weighted by atomic mass is 10.1. The Hall–Kier alpha value is -1.97. The first-order valence-corrected chi connectivity index (χ1v) is 6.90. The van der Waals surface area contributed by atoms with Gasteiger partial charge < -0.3 is 10.1 Å². The van der Waals surface area contributed by atoms with E-state index in [0.29, 0.717) is 6.04 Å². The van der Waals surface area contributed by atoms with Gasteiger partial charge in [-0.25, -0.2) is 0 Å². The summed E-state index contributed by atoms with van der Waals surface area (Å²) >= 11 is 0. The largest absolute Gasteiger partial charge is 0.494 e. The number of hydrogen-bond donors (Lipinski definition) is 2. The first-order valence-electron chi connectivity index (χ1n) is 6.90. The van der Waals surface area contributed by atoms with Crippen LogP contribution in [0.25, 0.3) is 11.3 Å². The molecule has 1 saturated carbocycles. The van der Waals surface area contributed by atoms with Crippen molar-refractivity contribution in [3.63, 3.8) is 0 Å². The standard InChI is InChI=1S/C15H19N3O/c1-2-9-19-13-7-3-11(4-8-13)14-10-15(18-17-14)16-12-5-6-12/h3-4,7-8,10,12H,2,5-6,9H2,1H3,(H2,16,17,18). The Morgan fingerprint density at radius 1 is 1.32 bits per heavy atom. The zero-order valence-electron chi connectivity index (χ0n) is 11.1. The van der Waals surface area contributed by atoms with Crippen LogP contribution in [0.4, 0.5) is 5.82 Å². The third-order valence-corrected chi connectivity index (χ3v) is 3.15. The summed E-state index contributed by atoms with van der Waals surface area (Å²) < 4.78 is 5.57. The van der Waals surface area contributed by atoms with Crippen LogP contribution in [0.5, 0.6) is 5.75 Å². The van der Waals surface area contributed by atoms with E-state index in [1.165, 1.54) is 12.8 Å². The molecule has 1 aliphatic rings. The number of hydrogen-bond acceptors (Lipinski definition) is 3. The van der Waals surface area contributed by atoms with Crippen LogP contribution in [0.1, 0.15) is 26.2 Å². The van der Waals surface area contributed by atoms with E-state index in [1.807, 2.05) is 12.1 Å². The van der Waals surface area contributed by atoms with Crippen LogP contribution in [0.3, 0.4) is 0 Å². The summed E-state index contributed by atoms with van der Waals surface area (Å²) in [6.07, 6.45) is 3.54. The predicted molar refractivity (Wildman–Crippen MR) is 76.5 cm³/mol. The first-order chi connectivity index (χ1) is 9.35. The maximum atomic E-state index is 5.57. The van der Waals surface area contributed by atoms with Crippen LogP contribution in [-0.4, -0.2) is 22.8 Å². The van der Waals surface area contributed by atoms with Crippen molar-refractivity contribution in [2.24, 2.45) is 0 Å². The van der Waals surface area contributed by atoms with E-state index >= 15 is 0 Å². The van der Waals surface area contributed by atoms with Crippen molar-refractivity contribution in [3.05, 3.63) is 30.3 Å². The molecular weight excluding hydrogens is 238 g/mol. The molecule has 0 unspecified atom stereocenters. The summed E-state index contributed by atoms with van der Waals surface area (Å²) in [6.45, 7) is 2.87. The van der Waals surface area contributed by atoms with Gasteiger partial charge in [0.05, 0.1) is 12.3 Å².